The summed E-state index contributed by atoms with van der Waals surface area (Å²) in [6.45, 7) is 3.63. The molecule has 0 bridgehead atoms. The smallest absolute Gasteiger partial charge is 0.221 e. The topological polar surface area (TPSA) is 52.9 Å². The van der Waals surface area contributed by atoms with Gasteiger partial charge in [0.2, 0.25) is 5.91 Å². The normalized spacial score (nSPS) is 17.2. The van der Waals surface area contributed by atoms with Gasteiger partial charge in [-0.3, -0.25) is 9.20 Å². The molecule has 1 saturated heterocycles. The average molecular weight is 335 g/mol. The van der Waals surface area contributed by atoms with Gasteiger partial charge in [-0.2, -0.15) is 0 Å². The van der Waals surface area contributed by atoms with Crippen LogP contribution in [0.1, 0.15) is 25.0 Å². The summed E-state index contributed by atoms with van der Waals surface area (Å²) < 4.78 is 1.99. The van der Waals surface area contributed by atoms with E-state index in [1.54, 1.807) is 11.3 Å². The highest BCUT2D eigenvalue weighted by Crippen LogP contribution is 2.14. The number of likely N-dealkylation sites (tertiary alicyclic amines) is 1. The molecule has 1 aliphatic rings. The van der Waals surface area contributed by atoms with E-state index in [4.69, 9.17) is 0 Å². The number of thiazole rings is 1. The number of piperidine rings is 1. The van der Waals surface area contributed by atoms with E-state index in [1.807, 2.05) is 22.2 Å². The molecule has 3 rings (SSSR count). The van der Waals surface area contributed by atoms with Crippen LogP contribution >= 0.6 is 11.3 Å². The first-order valence-electron chi connectivity index (χ1n) is 8.18. The summed E-state index contributed by atoms with van der Waals surface area (Å²) >= 11 is 1.60. The van der Waals surface area contributed by atoms with Crippen molar-refractivity contribution in [3.8, 4) is 0 Å². The standard InChI is InChI=1S/C16H25N5OS/c1-19-6-3-14(4-7-19)20(2)8-5-15(22)17-11-13-12-21-9-10-23-16(21)18-13/h9-10,12,14H,3-8,11H2,1-2H3,(H,17,22). The number of aromatic nitrogens is 2. The fourth-order valence-corrected chi connectivity index (χ4v) is 3.75. The highest BCUT2D eigenvalue weighted by Gasteiger charge is 2.20. The molecule has 0 spiro atoms. The summed E-state index contributed by atoms with van der Waals surface area (Å²) in [6, 6.07) is 0.610. The summed E-state index contributed by atoms with van der Waals surface area (Å²) in [7, 11) is 4.30. The van der Waals surface area contributed by atoms with E-state index in [-0.39, 0.29) is 5.91 Å². The van der Waals surface area contributed by atoms with Crippen molar-refractivity contribution in [2.45, 2.75) is 31.8 Å². The minimum Gasteiger partial charge on any atom is -0.350 e. The number of fused-ring (bicyclic) bond motifs is 1. The minimum absolute atomic E-state index is 0.0983. The number of imidazole rings is 1. The van der Waals surface area contributed by atoms with E-state index in [0.29, 0.717) is 19.0 Å². The zero-order valence-electron chi connectivity index (χ0n) is 13.9. The van der Waals surface area contributed by atoms with Crippen LogP contribution in [0.3, 0.4) is 0 Å². The van der Waals surface area contributed by atoms with Crippen LogP contribution in [0.4, 0.5) is 0 Å². The van der Waals surface area contributed by atoms with Crippen molar-refractivity contribution in [3.63, 3.8) is 0 Å². The van der Waals surface area contributed by atoms with Gasteiger partial charge in [-0.15, -0.1) is 11.3 Å². The Hall–Kier alpha value is -1.44. The molecule has 7 heteroatoms. The van der Waals surface area contributed by atoms with Gasteiger partial charge < -0.3 is 15.1 Å². The van der Waals surface area contributed by atoms with Crippen molar-refractivity contribution in [1.29, 1.82) is 0 Å². The highest BCUT2D eigenvalue weighted by molar-refractivity contribution is 7.15. The molecule has 1 amide bonds. The summed E-state index contributed by atoms with van der Waals surface area (Å²) in [4.78, 5) is 22.2. The van der Waals surface area contributed by atoms with Crippen molar-refractivity contribution in [3.05, 3.63) is 23.5 Å². The van der Waals surface area contributed by atoms with E-state index in [2.05, 4.69) is 34.2 Å². The summed E-state index contributed by atoms with van der Waals surface area (Å²) in [5.41, 5.74) is 0.911. The van der Waals surface area contributed by atoms with Gasteiger partial charge in [0.1, 0.15) is 0 Å². The van der Waals surface area contributed by atoms with Gasteiger partial charge >= 0.3 is 0 Å². The molecule has 6 nitrogen and oxygen atoms in total. The number of carbonyl (C=O) groups is 1. The predicted molar refractivity (Wildman–Crippen MR) is 92.7 cm³/mol. The molecule has 3 heterocycles. The van der Waals surface area contributed by atoms with Gasteiger partial charge in [0.25, 0.3) is 0 Å². The third-order valence-corrected chi connectivity index (χ3v) is 5.38. The molecule has 0 unspecified atom stereocenters. The maximum absolute atomic E-state index is 12.0. The van der Waals surface area contributed by atoms with Crippen LogP contribution in [0.2, 0.25) is 0 Å². The number of hydrogen-bond acceptors (Lipinski definition) is 5. The third-order valence-electron chi connectivity index (χ3n) is 4.61. The maximum atomic E-state index is 12.0. The zero-order valence-corrected chi connectivity index (χ0v) is 14.7. The second-order valence-corrected chi connectivity index (χ2v) is 7.24. The third kappa shape index (κ3) is 4.31. The molecule has 0 atom stereocenters. The monoisotopic (exact) mass is 335 g/mol. The van der Waals surface area contributed by atoms with Crippen LogP contribution in [0.25, 0.3) is 4.96 Å². The fourth-order valence-electron chi connectivity index (χ4n) is 3.03. The lowest BCUT2D eigenvalue weighted by Crippen LogP contribution is -2.43. The molecular formula is C16H25N5OS. The van der Waals surface area contributed by atoms with E-state index in [0.717, 1.165) is 30.3 Å². The molecule has 0 aromatic carbocycles. The number of rotatable bonds is 6. The maximum Gasteiger partial charge on any atom is 0.221 e. The van der Waals surface area contributed by atoms with Crippen LogP contribution in [0.5, 0.6) is 0 Å². The Morgan fingerprint density at radius 1 is 1.48 bits per heavy atom. The number of amides is 1. The van der Waals surface area contributed by atoms with Gasteiger partial charge in [0.15, 0.2) is 4.96 Å². The largest absolute Gasteiger partial charge is 0.350 e. The Morgan fingerprint density at radius 2 is 2.26 bits per heavy atom. The SMILES string of the molecule is CN1CCC(N(C)CCC(=O)NCc2cn3ccsc3n2)CC1. The van der Waals surface area contributed by atoms with E-state index in [1.165, 1.54) is 12.8 Å². The number of nitrogens with one attached hydrogen (secondary N) is 1. The molecule has 23 heavy (non-hydrogen) atoms. The molecule has 0 saturated carbocycles. The van der Waals surface area contributed by atoms with Gasteiger partial charge in [0, 0.05) is 36.8 Å². The van der Waals surface area contributed by atoms with Crippen LogP contribution in [-0.4, -0.2) is 64.9 Å². The molecule has 0 radical (unpaired) electrons. The number of nitrogens with zero attached hydrogens (tertiary/aromatic N) is 4. The minimum atomic E-state index is 0.0983. The first kappa shape index (κ1) is 16.4. The fraction of sp³-hybridized carbons (Fsp3) is 0.625. The summed E-state index contributed by atoms with van der Waals surface area (Å²) in [5.74, 6) is 0.0983. The first-order valence-corrected chi connectivity index (χ1v) is 9.06. The summed E-state index contributed by atoms with van der Waals surface area (Å²) in [5, 5.41) is 4.97. The van der Waals surface area contributed by atoms with Gasteiger partial charge in [0.05, 0.1) is 12.2 Å². The molecular weight excluding hydrogens is 310 g/mol. The Balaban J connectivity index is 1.38. The van der Waals surface area contributed by atoms with Gasteiger partial charge in [-0.05, 0) is 40.0 Å². The van der Waals surface area contributed by atoms with Crippen molar-refractivity contribution in [2.75, 3.05) is 33.7 Å². The Labute approximate surface area is 141 Å². The molecule has 126 valence electrons. The quantitative estimate of drug-likeness (QED) is 0.868. The Bertz CT molecular complexity index is 615. The van der Waals surface area contributed by atoms with E-state index >= 15 is 0 Å². The predicted octanol–water partition coefficient (Wildman–Crippen LogP) is 1.43. The lowest BCUT2D eigenvalue weighted by molar-refractivity contribution is -0.121. The van der Waals surface area contributed by atoms with Gasteiger partial charge in [-0.1, -0.05) is 0 Å². The Morgan fingerprint density at radius 3 is 3.00 bits per heavy atom. The Kier molecular flexibility index (Phi) is 5.30. The lowest BCUT2D eigenvalue weighted by Gasteiger charge is -2.35. The van der Waals surface area contributed by atoms with Crippen molar-refractivity contribution in [1.82, 2.24) is 24.5 Å². The van der Waals surface area contributed by atoms with E-state index in [9.17, 15) is 4.79 Å². The lowest BCUT2D eigenvalue weighted by atomic mass is 10.0. The van der Waals surface area contributed by atoms with Crippen molar-refractivity contribution < 1.29 is 4.79 Å². The van der Waals surface area contributed by atoms with E-state index < -0.39 is 0 Å². The number of hydrogen-bond donors (Lipinski definition) is 1. The van der Waals surface area contributed by atoms with Crippen LogP contribution in [0.15, 0.2) is 17.8 Å². The molecule has 1 N–H and O–H groups in total. The van der Waals surface area contributed by atoms with Gasteiger partial charge in [-0.25, -0.2) is 4.98 Å². The number of carbonyl (C=O) groups excluding carboxylic acids is 1. The molecule has 2 aromatic rings. The second kappa shape index (κ2) is 7.42. The first-order chi connectivity index (χ1) is 11.1. The van der Waals surface area contributed by atoms with Crippen molar-refractivity contribution in [2.24, 2.45) is 0 Å². The zero-order chi connectivity index (χ0) is 16.2. The van der Waals surface area contributed by atoms with Crippen LogP contribution in [0, 0.1) is 0 Å². The molecule has 1 fully saturated rings. The van der Waals surface area contributed by atoms with Crippen molar-refractivity contribution >= 4 is 22.2 Å². The molecule has 1 aliphatic heterocycles. The average Bonchev–Trinajstić information content (AvgIpc) is 3.12. The van der Waals surface area contributed by atoms with Crippen LogP contribution in [-0.2, 0) is 11.3 Å². The molecule has 0 aliphatic carbocycles. The highest BCUT2D eigenvalue weighted by atomic mass is 32.1. The van der Waals surface area contributed by atoms with Crippen LogP contribution < -0.4 is 5.32 Å². The summed E-state index contributed by atoms with van der Waals surface area (Å²) in [6.07, 6.45) is 6.89. The second-order valence-electron chi connectivity index (χ2n) is 6.37. The molecule has 2 aromatic heterocycles.